The lowest BCUT2D eigenvalue weighted by molar-refractivity contribution is 0.415. The standard InChI is InChI=1S/C14H16N4O3S2/c1-4-12-13(18-14(15-12)22-9(2)16-18)23(19,20)17-10-5-7-11(21-3)8-6-10/h5-8,17H,4H2,1-3H3. The number of ether oxygens (including phenoxy) is 1. The summed E-state index contributed by atoms with van der Waals surface area (Å²) in [5, 5.41) is 5.10. The summed E-state index contributed by atoms with van der Waals surface area (Å²) in [5.41, 5.74) is 0.958. The molecule has 0 bridgehead atoms. The molecule has 2 aromatic heterocycles. The van der Waals surface area contributed by atoms with E-state index in [-0.39, 0.29) is 5.03 Å². The van der Waals surface area contributed by atoms with Crippen molar-refractivity contribution in [1.82, 2.24) is 14.6 Å². The fourth-order valence-corrected chi connectivity index (χ4v) is 4.45. The van der Waals surface area contributed by atoms with Crippen LogP contribution in [0.2, 0.25) is 0 Å². The van der Waals surface area contributed by atoms with Crippen LogP contribution >= 0.6 is 11.3 Å². The summed E-state index contributed by atoms with van der Waals surface area (Å²) in [6.45, 7) is 3.68. The van der Waals surface area contributed by atoms with Crippen molar-refractivity contribution in [3.8, 4) is 5.75 Å². The van der Waals surface area contributed by atoms with Crippen molar-refractivity contribution in [3.63, 3.8) is 0 Å². The van der Waals surface area contributed by atoms with Gasteiger partial charge < -0.3 is 4.74 Å². The minimum Gasteiger partial charge on any atom is -0.497 e. The topological polar surface area (TPSA) is 85.6 Å². The summed E-state index contributed by atoms with van der Waals surface area (Å²) in [6.07, 6.45) is 0.508. The van der Waals surface area contributed by atoms with Crippen LogP contribution in [0.5, 0.6) is 5.75 Å². The van der Waals surface area contributed by atoms with Gasteiger partial charge in [-0.15, -0.1) is 0 Å². The quantitative estimate of drug-likeness (QED) is 0.762. The molecule has 0 atom stereocenters. The first-order valence-corrected chi connectivity index (χ1v) is 9.26. The van der Waals surface area contributed by atoms with Crippen molar-refractivity contribution in [3.05, 3.63) is 35.0 Å². The van der Waals surface area contributed by atoms with Crippen molar-refractivity contribution < 1.29 is 13.2 Å². The van der Waals surface area contributed by atoms with E-state index in [9.17, 15) is 8.42 Å². The molecule has 23 heavy (non-hydrogen) atoms. The van der Waals surface area contributed by atoms with E-state index >= 15 is 0 Å². The minimum atomic E-state index is -3.79. The molecular weight excluding hydrogens is 336 g/mol. The van der Waals surface area contributed by atoms with Crippen LogP contribution < -0.4 is 9.46 Å². The Morgan fingerprint density at radius 3 is 2.61 bits per heavy atom. The second-order valence-corrected chi connectivity index (χ2v) is 7.62. The number of imidazole rings is 1. The molecule has 7 nitrogen and oxygen atoms in total. The number of nitrogens with zero attached hydrogens (tertiary/aromatic N) is 3. The molecule has 0 aliphatic heterocycles. The van der Waals surface area contributed by atoms with E-state index < -0.39 is 10.0 Å². The van der Waals surface area contributed by atoms with E-state index in [0.717, 1.165) is 5.01 Å². The molecule has 0 saturated heterocycles. The fraction of sp³-hybridized carbons (Fsp3) is 0.286. The van der Waals surface area contributed by atoms with Crippen LogP contribution in [0, 0.1) is 6.92 Å². The minimum absolute atomic E-state index is 0.0927. The summed E-state index contributed by atoms with van der Waals surface area (Å²) >= 11 is 1.36. The highest BCUT2D eigenvalue weighted by atomic mass is 32.2. The lowest BCUT2D eigenvalue weighted by atomic mass is 10.3. The molecule has 2 heterocycles. The molecule has 0 unspecified atom stereocenters. The molecule has 0 spiro atoms. The Morgan fingerprint density at radius 1 is 1.30 bits per heavy atom. The highest BCUT2D eigenvalue weighted by Crippen LogP contribution is 2.25. The lowest BCUT2D eigenvalue weighted by Crippen LogP contribution is -2.17. The third-order valence-corrected chi connectivity index (χ3v) is 5.51. The normalized spacial score (nSPS) is 11.8. The molecule has 1 aromatic carbocycles. The maximum Gasteiger partial charge on any atom is 0.281 e. The number of sulfonamides is 1. The van der Waals surface area contributed by atoms with Crippen molar-refractivity contribution in [2.45, 2.75) is 25.3 Å². The Morgan fingerprint density at radius 2 is 2.00 bits per heavy atom. The first kappa shape index (κ1) is 15.8. The van der Waals surface area contributed by atoms with Crippen LogP contribution in [-0.4, -0.2) is 30.1 Å². The summed E-state index contributed by atoms with van der Waals surface area (Å²) in [5.74, 6) is 0.657. The molecule has 3 aromatic rings. The zero-order valence-corrected chi connectivity index (χ0v) is 14.5. The second kappa shape index (κ2) is 5.82. The van der Waals surface area contributed by atoms with Gasteiger partial charge in [0.15, 0.2) is 0 Å². The molecule has 9 heteroatoms. The molecule has 1 N–H and O–H groups in total. The van der Waals surface area contributed by atoms with Crippen molar-refractivity contribution in [2.75, 3.05) is 11.8 Å². The second-order valence-electron chi connectivity index (χ2n) is 4.87. The van der Waals surface area contributed by atoms with E-state index in [1.54, 1.807) is 31.4 Å². The third-order valence-electron chi connectivity index (χ3n) is 3.26. The Balaban J connectivity index is 2.04. The number of aromatic nitrogens is 3. The van der Waals surface area contributed by atoms with Crippen LogP contribution in [0.25, 0.3) is 4.96 Å². The van der Waals surface area contributed by atoms with Crippen LogP contribution in [0.4, 0.5) is 5.69 Å². The number of hydrogen-bond acceptors (Lipinski definition) is 6. The molecule has 122 valence electrons. The van der Waals surface area contributed by atoms with E-state index in [4.69, 9.17) is 4.74 Å². The van der Waals surface area contributed by atoms with Gasteiger partial charge in [-0.3, -0.25) is 4.72 Å². The highest BCUT2D eigenvalue weighted by molar-refractivity contribution is 7.92. The van der Waals surface area contributed by atoms with Gasteiger partial charge in [-0.25, -0.2) is 4.98 Å². The Kier molecular flexibility index (Phi) is 3.99. The van der Waals surface area contributed by atoms with Crippen LogP contribution in [-0.2, 0) is 16.4 Å². The van der Waals surface area contributed by atoms with Gasteiger partial charge in [0.2, 0.25) is 9.99 Å². The molecule has 0 aliphatic carbocycles. The maximum absolute atomic E-state index is 12.8. The van der Waals surface area contributed by atoms with Crippen LogP contribution in [0.1, 0.15) is 17.6 Å². The zero-order valence-electron chi connectivity index (χ0n) is 12.9. The number of aryl methyl sites for hydroxylation is 2. The fourth-order valence-electron chi connectivity index (χ4n) is 2.23. The number of hydrogen-bond donors (Lipinski definition) is 1. The smallest absolute Gasteiger partial charge is 0.281 e. The van der Waals surface area contributed by atoms with Crippen molar-refractivity contribution in [1.29, 1.82) is 0 Å². The van der Waals surface area contributed by atoms with Gasteiger partial charge in [0.05, 0.1) is 12.8 Å². The van der Waals surface area contributed by atoms with Gasteiger partial charge >= 0.3 is 0 Å². The maximum atomic E-state index is 12.8. The van der Waals surface area contributed by atoms with Gasteiger partial charge in [0.25, 0.3) is 10.0 Å². The Labute approximate surface area is 138 Å². The molecule has 0 amide bonds. The summed E-state index contributed by atoms with van der Waals surface area (Å²) < 4.78 is 34.6. The van der Waals surface area contributed by atoms with Gasteiger partial charge in [0.1, 0.15) is 10.8 Å². The van der Waals surface area contributed by atoms with Crippen molar-refractivity contribution in [2.24, 2.45) is 0 Å². The molecule has 0 fully saturated rings. The number of methoxy groups -OCH3 is 1. The van der Waals surface area contributed by atoms with Crippen molar-refractivity contribution >= 4 is 32.0 Å². The number of fused-ring (bicyclic) bond motifs is 1. The van der Waals surface area contributed by atoms with Gasteiger partial charge in [0, 0.05) is 5.69 Å². The Bertz CT molecular complexity index is 942. The number of rotatable bonds is 5. The average Bonchev–Trinajstić information content (AvgIpc) is 3.02. The summed E-state index contributed by atoms with van der Waals surface area (Å²) in [4.78, 5) is 4.95. The van der Waals surface area contributed by atoms with Crippen LogP contribution in [0.15, 0.2) is 29.3 Å². The van der Waals surface area contributed by atoms with E-state index in [0.29, 0.717) is 28.5 Å². The Hall–Kier alpha value is -2.13. The number of anilines is 1. The molecule has 3 rings (SSSR count). The summed E-state index contributed by atoms with van der Waals surface area (Å²) in [7, 11) is -2.24. The SMILES string of the molecule is CCc1nc2sc(C)nn2c1S(=O)(=O)Nc1ccc(OC)cc1. The van der Waals surface area contributed by atoms with Gasteiger partial charge in [-0.05, 0) is 37.6 Å². The van der Waals surface area contributed by atoms with E-state index in [1.807, 2.05) is 13.8 Å². The van der Waals surface area contributed by atoms with Crippen LogP contribution in [0.3, 0.4) is 0 Å². The molecular formula is C14H16N4O3S2. The summed E-state index contributed by atoms with van der Waals surface area (Å²) in [6, 6.07) is 6.67. The van der Waals surface area contributed by atoms with E-state index in [1.165, 1.54) is 15.9 Å². The largest absolute Gasteiger partial charge is 0.497 e. The predicted molar refractivity (Wildman–Crippen MR) is 88.8 cm³/mol. The lowest BCUT2D eigenvalue weighted by Gasteiger charge is -2.08. The number of nitrogens with one attached hydrogen (secondary N) is 1. The molecule has 0 radical (unpaired) electrons. The monoisotopic (exact) mass is 352 g/mol. The molecule has 0 saturated carbocycles. The molecule has 0 aliphatic rings. The predicted octanol–water partition coefficient (Wildman–Crippen LogP) is 2.47. The van der Waals surface area contributed by atoms with Gasteiger partial charge in [-0.2, -0.15) is 18.0 Å². The first-order valence-electron chi connectivity index (χ1n) is 6.96. The number of benzene rings is 1. The van der Waals surface area contributed by atoms with E-state index in [2.05, 4.69) is 14.8 Å². The highest BCUT2D eigenvalue weighted by Gasteiger charge is 2.26. The average molecular weight is 352 g/mol. The third kappa shape index (κ3) is 2.89. The zero-order chi connectivity index (χ0) is 16.6. The first-order chi connectivity index (χ1) is 10.9. The van der Waals surface area contributed by atoms with Gasteiger partial charge in [-0.1, -0.05) is 18.3 Å².